The number of aryl methyl sites for hydroxylation is 1. The number of rotatable bonds is 7. The Morgan fingerprint density at radius 2 is 1.62 bits per heavy atom. The number of hydrogen-bond donors (Lipinski definition) is 0. The molecule has 1 radical (unpaired) electrons. The van der Waals surface area contributed by atoms with Crippen LogP contribution in [0.1, 0.15) is 18.4 Å². The van der Waals surface area contributed by atoms with Gasteiger partial charge in [-0.1, -0.05) is 42.5 Å². The first-order valence-corrected chi connectivity index (χ1v) is 8.86. The minimum atomic E-state index is 0.970. The van der Waals surface area contributed by atoms with E-state index in [0.717, 1.165) is 38.3 Å². The summed E-state index contributed by atoms with van der Waals surface area (Å²) < 4.78 is 5.48. The molecule has 2 aromatic rings. The van der Waals surface area contributed by atoms with Crippen LogP contribution < -0.4 is 9.64 Å². The van der Waals surface area contributed by atoms with Crippen molar-refractivity contribution in [2.75, 3.05) is 38.2 Å². The Morgan fingerprint density at radius 3 is 2.38 bits per heavy atom. The van der Waals surface area contributed by atoms with E-state index in [-0.39, 0.29) is 0 Å². The monoisotopic (exact) mass is 323 g/mol. The molecule has 0 amide bonds. The molecule has 0 atom stereocenters. The largest absolute Gasteiger partial charge is 0.495 e. The molecule has 1 aliphatic rings. The van der Waals surface area contributed by atoms with Crippen LogP contribution in [0.3, 0.4) is 0 Å². The van der Waals surface area contributed by atoms with Crippen molar-refractivity contribution < 1.29 is 4.74 Å². The summed E-state index contributed by atoms with van der Waals surface area (Å²) in [5.74, 6) is 0.970. The Balaban J connectivity index is 1.39. The van der Waals surface area contributed by atoms with E-state index < -0.39 is 0 Å². The summed E-state index contributed by atoms with van der Waals surface area (Å²) in [6.45, 7) is 6.67. The summed E-state index contributed by atoms with van der Waals surface area (Å²) in [6, 6.07) is 19.1. The molecule has 0 spiro atoms. The fourth-order valence-electron chi connectivity index (χ4n) is 3.26. The summed E-state index contributed by atoms with van der Waals surface area (Å²) in [4.78, 5) is 4.89. The lowest BCUT2D eigenvalue weighted by Crippen LogP contribution is -2.45. The molecule has 1 saturated heterocycles. The van der Waals surface area contributed by atoms with Crippen LogP contribution in [0.15, 0.2) is 54.6 Å². The van der Waals surface area contributed by atoms with Crippen LogP contribution >= 0.6 is 0 Å². The van der Waals surface area contributed by atoms with Crippen molar-refractivity contribution in [1.29, 1.82) is 0 Å². The Morgan fingerprint density at radius 1 is 0.917 bits per heavy atom. The van der Waals surface area contributed by atoms with Gasteiger partial charge in [0.1, 0.15) is 5.75 Å². The summed E-state index contributed by atoms with van der Waals surface area (Å²) in [6.07, 6.45) is 3.54. The highest BCUT2D eigenvalue weighted by atomic mass is 16.5. The van der Waals surface area contributed by atoms with E-state index in [1.165, 1.54) is 24.1 Å². The number of anilines is 1. The van der Waals surface area contributed by atoms with Crippen molar-refractivity contribution in [3.05, 3.63) is 66.7 Å². The molecule has 1 aliphatic heterocycles. The molecule has 2 aromatic carbocycles. The molecule has 3 rings (SSSR count). The van der Waals surface area contributed by atoms with Crippen LogP contribution in [0.2, 0.25) is 0 Å². The van der Waals surface area contributed by atoms with E-state index in [1.807, 2.05) is 12.1 Å². The van der Waals surface area contributed by atoms with Gasteiger partial charge in [0.25, 0.3) is 0 Å². The lowest BCUT2D eigenvalue weighted by Gasteiger charge is -2.36. The van der Waals surface area contributed by atoms with Crippen LogP contribution in [0, 0.1) is 6.54 Å². The van der Waals surface area contributed by atoms with Crippen molar-refractivity contribution in [2.24, 2.45) is 0 Å². The fourth-order valence-corrected chi connectivity index (χ4v) is 3.26. The third-order valence-electron chi connectivity index (χ3n) is 4.64. The molecular weight excluding hydrogens is 296 g/mol. The number of benzene rings is 2. The van der Waals surface area contributed by atoms with Gasteiger partial charge in [0.2, 0.25) is 0 Å². The van der Waals surface area contributed by atoms with Gasteiger partial charge in [0, 0.05) is 32.7 Å². The molecule has 0 aromatic heterocycles. The third-order valence-corrected chi connectivity index (χ3v) is 4.64. The Kier molecular flexibility index (Phi) is 6.13. The van der Waals surface area contributed by atoms with Gasteiger partial charge < -0.3 is 9.64 Å². The maximum absolute atomic E-state index is 5.48. The number of ether oxygens (including phenoxy) is 1. The van der Waals surface area contributed by atoms with Gasteiger partial charge in [-0.2, -0.15) is 0 Å². The van der Waals surface area contributed by atoms with Crippen LogP contribution in [-0.2, 0) is 6.42 Å². The molecule has 3 nitrogen and oxygen atoms in total. The zero-order valence-electron chi connectivity index (χ0n) is 14.5. The number of hydrogen-bond acceptors (Lipinski definition) is 3. The second-order valence-corrected chi connectivity index (χ2v) is 6.26. The maximum Gasteiger partial charge on any atom is 0.142 e. The SMILES string of the molecule is COc1ccccc1N1CCN([CH]CCCc2ccccc2)CC1. The predicted molar refractivity (Wildman–Crippen MR) is 100 cm³/mol. The van der Waals surface area contributed by atoms with E-state index in [9.17, 15) is 0 Å². The average molecular weight is 323 g/mol. The molecule has 0 saturated carbocycles. The van der Waals surface area contributed by atoms with Gasteiger partial charge in [-0.25, -0.2) is 0 Å². The number of nitrogens with zero attached hydrogens (tertiary/aromatic N) is 2. The standard InChI is InChI=1S/C21H27N2O/c1-24-21-13-6-5-12-20(21)23-17-15-22(16-18-23)14-8-7-11-19-9-3-2-4-10-19/h2-6,9-10,12-14H,7-8,11,15-18H2,1H3. The Bertz CT molecular complexity index is 606. The predicted octanol–water partition coefficient (Wildman–Crippen LogP) is 4.00. The number of para-hydroxylation sites is 2. The first-order valence-electron chi connectivity index (χ1n) is 8.86. The van der Waals surface area contributed by atoms with Crippen LogP contribution in [0.25, 0.3) is 0 Å². The normalized spacial score (nSPS) is 15.5. The topological polar surface area (TPSA) is 15.7 Å². The van der Waals surface area contributed by atoms with Crippen LogP contribution in [-0.4, -0.2) is 38.2 Å². The number of unbranched alkanes of at least 4 members (excludes halogenated alkanes) is 1. The molecule has 1 heterocycles. The second kappa shape index (κ2) is 8.74. The van der Waals surface area contributed by atoms with E-state index in [1.54, 1.807) is 7.11 Å². The fraction of sp³-hybridized carbons (Fsp3) is 0.381. The summed E-state index contributed by atoms with van der Waals surface area (Å²) >= 11 is 0. The summed E-state index contributed by atoms with van der Waals surface area (Å²) in [5.41, 5.74) is 2.65. The van der Waals surface area contributed by atoms with E-state index in [4.69, 9.17) is 4.74 Å². The second-order valence-electron chi connectivity index (χ2n) is 6.26. The first kappa shape index (κ1) is 16.8. The molecular formula is C21H27N2O. The van der Waals surface area contributed by atoms with Gasteiger partial charge >= 0.3 is 0 Å². The highest BCUT2D eigenvalue weighted by Crippen LogP contribution is 2.28. The van der Waals surface area contributed by atoms with Crippen molar-refractivity contribution >= 4 is 5.69 Å². The molecule has 0 unspecified atom stereocenters. The number of piperazine rings is 1. The summed E-state index contributed by atoms with van der Waals surface area (Å²) in [7, 11) is 1.75. The summed E-state index contributed by atoms with van der Waals surface area (Å²) in [5, 5.41) is 0. The van der Waals surface area contributed by atoms with Crippen molar-refractivity contribution in [3.63, 3.8) is 0 Å². The third kappa shape index (κ3) is 4.51. The molecule has 0 aliphatic carbocycles. The van der Waals surface area contributed by atoms with Crippen LogP contribution in [0.5, 0.6) is 5.75 Å². The zero-order valence-corrected chi connectivity index (χ0v) is 14.5. The Hall–Kier alpha value is -2.00. The van der Waals surface area contributed by atoms with Gasteiger partial charge in [-0.05, 0) is 37.0 Å². The van der Waals surface area contributed by atoms with Gasteiger partial charge in [0.05, 0.1) is 12.8 Å². The molecule has 24 heavy (non-hydrogen) atoms. The minimum Gasteiger partial charge on any atom is -0.495 e. The zero-order chi connectivity index (χ0) is 16.6. The molecule has 3 heteroatoms. The lowest BCUT2D eigenvalue weighted by molar-refractivity contribution is 0.300. The average Bonchev–Trinajstić information content (AvgIpc) is 2.66. The van der Waals surface area contributed by atoms with Crippen LogP contribution in [0.4, 0.5) is 5.69 Å². The molecule has 0 bridgehead atoms. The first-order chi connectivity index (χ1) is 11.9. The highest BCUT2D eigenvalue weighted by molar-refractivity contribution is 5.58. The van der Waals surface area contributed by atoms with Gasteiger partial charge in [0.15, 0.2) is 0 Å². The minimum absolute atomic E-state index is 0.970. The smallest absolute Gasteiger partial charge is 0.142 e. The Labute approximate surface area is 145 Å². The van der Waals surface area contributed by atoms with Crippen molar-refractivity contribution in [3.8, 4) is 5.75 Å². The van der Waals surface area contributed by atoms with Gasteiger partial charge in [-0.3, -0.25) is 4.90 Å². The quantitative estimate of drug-likeness (QED) is 0.716. The van der Waals surface area contributed by atoms with Crippen molar-refractivity contribution in [2.45, 2.75) is 19.3 Å². The highest BCUT2D eigenvalue weighted by Gasteiger charge is 2.19. The van der Waals surface area contributed by atoms with E-state index in [0.29, 0.717) is 0 Å². The van der Waals surface area contributed by atoms with Crippen molar-refractivity contribution in [1.82, 2.24) is 4.90 Å². The van der Waals surface area contributed by atoms with E-state index in [2.05, 4.69) is 58.8 Å². The molecule has 0 N–H and O–H groups in total. The maximum atomic E-state index is 5.48. The molecule has 127 valence electrons. The lowest BCUT2D eigenvalue weighted by atomic mass is 10.1. The molecule has 1 fully saturated rings. The number of methoxy groups -OCH3 is 1. The van der Waals surface area contributed by atoms with E-state index >= 15 is 0 Å². The van der Waals surface area contributed by atoms with Gasteiger partial charge in [-0.15, -0.1) is 0 Å².